The van der Waals surface area contributed by atoms with Crippen LogP contribution in [-0.4, -0.2) is 21.0 Å². The molecule has 1 amide bonds. The summed E-state index contributed by atoms with van der Waals surface area (Å²) < 4.78 is 0. The average Bonchev–Trinajstić information content (AvgIpc) is 2.39. The first-order valence-electron chi connectivity index (χ1n) is 5.44. The van der Waals surface area contributed by atoms with Gasteiger partial charge in [-0.05, 0) is 24.3 Å². The molecule has 0 saturated heterocycles. The molecule has 6 nitrogen and oxygen atoms in total. The largest absolute Gasteiger partial charge is 0.505 e. The van der Waals surface area contributed by atoms with Crippen molar-refractivity contribution in [2.45, 2.75) is 0 Å². The zero-order valence-corrected chi connectivity index (χ0v) is 10.00. The number of nitrogens with zero attached hydrogens (tertiary/aromatic N) is 2. The topological polar surface area (TPSA) is 101 Å². The van der Waals surface area contributed by atoms with Gasteiger partial charge in [0.2, 0.25) is 0 Å². The van der Waals surface area contributed by atoms with Crippen LogP contribution in [0, 0.1) is 0 Å². The summed E-state index contributed by atoms with van der Waals surface area (Å²) in [4.78, 5) is 19.8. The Morgan fingerprint density at radius 1 is 1.26 bits per heavy atom. The Morgan fingerprint density at radius 2 is 1.95 bits per heavy atom. The van der Waals surface area contributed by atoms with Gasteiger partial charge >= 0.3 is 0 Å². The van der Waals surface area contributed by atoms with Crippen LogP contribution in [0.25, 0.3) is 11.3 Å². The lowest BCUT2D eigenvalue weighted by atomic mass is 10.1. The molecule has 0 bridgehead atoms. The Bertz CT molecular complexity index is 626. The fraction of sp³-hybridized carbons (Fsp3) is 0. The molecule has 2 rings (SSSR count). The number of pyridine rings is 2. The van der Waals surface area contributed by atoms with Gasteiger partial charge in [0.05, 0.1) is 11.5 Å². The van der Waals surface area contributed by atoms with Crippen LogP contribution in [-0.2, 0) is 0 Å². The molecule has 96 valence electrons. The molecule has 0 saturated carbocycles. The van der Waals surface area contributed by atoms with E-state index in [1.807, 2.05) is 0 Å². The highest BCUT2D eigenvalue weighted by molar-refractivity contribution is 5.96. The Kier molecular flexibility index (Phi) is 3.42. The monoisotopic (exact) mass is 256 g/mol. The highest BCUT2D eigenvalue weighted by Crippen LogP contribution is 2.21. The van der Waals surface area contributed by atoms with Gasteiger partial charge in [0.1, 0.15) is 5.75 Å². The predicted octanol–water partition coefficient (Wildman–Crippen LogP) is 1.01. The van der Waals surface area contributed by atoms with Crippen molar-refractivity contribution in [1.29, 1.82) is 0 Å². The number of carbonyl (C=O) groups excluding carboxylic acids is 1. The third-order valence-corrected chi connectivity index (χ3v) is 2.34. The van der Waals surface area contributed by atoms with E-state index in [0.717, 1.165) is 5.56 Å². The zero-order chi connectivity index (χ0) is 13.8. The van der Waals surface area contributed by atoms with E-state index in [-0.39, 0.29) is 17.3 Å². The first-order valence-corrected chi connectivity index (χ1v) is 5.44. The lowest BCUT2D eigenvalue weighted by Crippen LogP contribution is -2.27. The Balaban J connectivity index is 2.40. The summed E-state index contributed by atoms with van der Waals surface area (Å²) >= 11 is 0. The van der Waals surface area contributed by atoms with Crippen LogP contribution in [0.2, 0.25) is 0 Å². The first kappa shape index (κ1) is 12.6. The van der Waals surface area contributed by atoms with E-state index in [1.54, 1.807) is 30.6 Å². The normalized spacial score (nSPS) is 9.89. The number of carbonyl (C=O) groups is 1. The predicted molar refractivity (Wildman–Crippen MR) is 69.9 cm³/mol. The van der Waals surface area contributed by atoms with Gasteiger partial charge in [-0.25, -0.2) is 4.98 Å². The Hall–Kier alpha value is -2.89. The summed E-state index contributed by atoms with van der Waals surface area (Å²) in [5.41, 5.74) is 6.51. The van der Waals surface area contributed by atoms with Crippen molar-refractivity contribution in [3.8, 4) is 17.0 Å². The molecule has 0 aromatic carbocycles. The van der Waals surface area contributed by atoms with Crippen LogP contribution in [0.3, 0.4) is 0 Å². The number of nitrogens with two attached hydrogens (primary N) is 1. The number of amides is 1. The van der Waals surface area contributed by atoms with Gasteiger partial charge in [0, 0.05) is 18.0 Å². The molecular weight excluding hydrogens is 244 g/mol. The molecule has 0 aliphatic carbocycles. The maximum absolute atomic E-state index is 11.8. The molecule has 6 heteroatoms. The molecule has 0 radical (unpaired) electrons. The van der Waals surface area contributed by atoms with Gasteiger partial charge in [-0.15, -0.1) is 0 Å². The van der Waals surface area contributed by atoms with Crippen molar-refractivity contribution in [2.75, 3.05) is 0 Å². The van der Waals surface area contributed by atoms with Gasteiger partial charge in [0.15, 0.2) is 5.69 Å². The lowest BCUT2D eigenvalue weighted by molar-refractivity contribution is 0.0958. The van der Waals surface area contributed by atoms with Crippen molar-refractivity contribution in [1.82, 2.24) is 15.3 Å². The van der Waals surface area contributed by atoms with Gasteiger partial charge in [0.25, 0.3) is 5.91 Å². The Labute approximate surface area is 109 Å². The number of hydrogen-bond donors (Lipinski definition) is 3. The fourth-order valence-electron chi connectivity index (χ4n) is 1.51. The van der Waals surface area contributed by atoms with Gasteiger partial charge in [-0.3, -0.25) is 9.78 Å². The second kappa shape index (κ2) is 5.18. The summed E-state index contributed by atoms with van der Waals surface area (Å²) in [6, 6.07) is 6.52. The van der Waals surface area contributed by atoms with Gasteiger partial charge < -0.3 is 16.2 Å². The van der Waals surface area contributed by atoms with E-state index in [0.29, 0.717) is 5.69 Å². The quantitative estimate of drug-likeness (QED) is 0.760. The number of hydrogen-bond acceptors (Lipinski definition) is 5. The fourth-order valence-corrected chi connectivity index (χ4v) is 1.51. The molecule has 0 aliphatic rings. The highest BCUT2D eigenvalue weighted by Gasteiger charge is 2.14. The summed E-state index contributed by atoms with van der Waals surface area (Å²) in [6.07, 6.45) is 3.23. The maximum Gasteiger partial charge on any atom is 0.279 e. The van der Waals surface area contributed by atoms with Crippen LogP contribution in [0.1, 0.15) is 10.5 Å². The van der Waals surface area contributed by atoms with Crippen LogP contribution in [0.15, 0.2) is 49.1 Å². The standard InChI is InChI=1S/C13H12N4O2/c1-8(14)16-13(19)12-11(18)3-2-10(17-12)9-4-6-15-7-5-9/h2-7,18H,1,14H2,(H,16,19). The maximum atomic E-state index is 11.8. The molecule has 0 atom stereocenters. The van der Waals surface area contributed by atoms with E-state index in [1.165, 1.54) is 6.07 Å². The number of rotatable bonds is 3. The molecule has 0 fully saturated rings. The van der Waals surface area contributed by atoms with Gasteiger partial charge in [-0.1, -0.05) is 6.58 Å². The SMILES string of the molecule is C=C(N)NC(=O)c1nc(-c2ccncc2)ccc1O. The Morgan fingerprint density at radius 3 is 2.58 bits per heavy atom. The van der Waals surface area contributed by atoms with E-state index in [9.17, 15) is 9.90 Å². The third kappa shape index (κ3) is 2.86. The summed E-state index contributed by atoms with van der Waals surface area (Å²) in [5.74, 6) is -0.849. The van der Waals surface area contributed by atoms with Crippen molar-refractivity contribution in [3.63, 3.8) is 0 Å². The van der Waals surface area contributed by atoms with E-state index >= 15 is 0 Å². The van der Waals surface area contributed by atoms with Crippen LogP contribution in [0.4, 0.5) is 0 Å². The summed E-state index contributed by atoms with van der Waals surface area (Å²) in [7, 11) is 0. The van der Waals surface area contributed by atoms with Crippen molar-refractivity contribution < 1.29 is 9.90 Å². The van der Waals surface area contributed by atoms with Crippen molar-refractivity contribution in [2.24, 2.45) is 5.73 Å². The second-order valence-corrected chi connectivity index (χ2v) is 3.78. The van der Waals surface area contributed by atoms with Crippen molar-refractivity contribution >= 4 is 5.91 Å². The molecule has 0 spiro atoms. The minimum Gasteiger partial charge on any atom is -0.505 e. The molecule has 4 N–H and O–H groups in total. The molecule has 0 unspecified atom stereocenters. The highest BCUT2D eigenvalue weighted by atomic mass is 16.3. The number of aromatic hydroxyl groups is 1. The van der Waals surface area contributed by atoms with E-state index in [2.05, 4.69) is 21.9 Å². The first-order chi connectivity index (χ1) is 9.08. The lowest BCUT2D eigenvalue weighted by Gasteiger charge is -2.07. The van der Waals surface area contributed by atoms with E-state index < -0.39 is 5.91 Å². The van der Waals surface area contributed by atoms with Crippen LogP contribution < -0.4 is 11.1 Å². The number of aromatic nitrogens is 2. The minimum atomic E-state index is -0.610. The minimum absolute atomic E-state index is 0.0134. The smallest absolute Gasteiger partial charge is 0.279 e. The van der Waals surface area contributed by atoms with Gasteiger partial charge in [-0.2, -0.15) is 0 Å². The second-order valence-electron chi connectivity index (χ2n) is 3.78. The summed E-state index contributed by atoms with van der Waals surface area (Å²) in [5, 5.41) is 11.9. The summed E-state index contributed by atoms with van der Waals surface area (Å²) in [6.45, 7) is 3.36. The van der Waals surface area contributed by atoms with Crippen LogP contribution >= 0.6 is 0 Å². The average molecular weight is 256 g/mol. The number of nitrogens with one attached hydrogen (secondary N) is 1. The van der Waals surface area contributed by atoms with E-state index in [4.69, 9.17) is 5.73 Å². The zero-order valence-electron chi connectivity index (χ0n) is 10.00. The van der Waals surface area contributed by atoms with Crippen LogP contribution in [0.5, 0.6) is 5.75 Å². The molecular formula is C13H12N4O2. The third-order valence-electron chi connectivity index (χ3n) is 2.34. The van der Waals surface area contributed by atoms with Crippen molar-refractivity contribution in [3.05, 3.63) is 54.8 Å². The molecule has 2 aromatic rings. The molecule has 19 heavy (non-hydrogen) atoms. The molecule has 2 aromatic heterocycles. The molecule has 0 aliphatic heterocycles. The molecule has 2 heterocycles.